The van der Waals surface area contributed by atoms with Gasteiger partial charge < -0.3 is 9.64 Å². The van der Waals surface area contributed by atoms with Crippen LogP contribution in [0.3, 0.4) is 0 Å². The van der Waals surface area contributed by atoms with E-state index in [1.165, 1.54) is 19.2 Å². The van der Waals surface area contributed by atoms with E-state index in [2.05, 4.69) is 6.07 Å². The van der Waals surface area contributed by atoms with E-state index in [0.717, 1.165) is 25.1 Å². The maximum atomic E-state index is 12.3. The Hall–Kier alpha value is -2.62. The second-order valence-corrected chi connectivity index (χ2v) is 5.67. The lowest BCUT2D eigenvalue weighted by atomic mass is 9.72. The first-order valence-corrected chi connectivity index (χ1v) is 7.07. The number of nitriles is 1. The number of carbonyl (C=O) groups excluding carboxylic acids is 1. The maximum absolute atomic E-state index is 12.3. The number of esters is 1. The highest BCUT2D eigenvalue weighted by atomic mass is 16.6. The van der Waals surface area contributed by atoms with Crippen LogP contribution in [-0.2, 0) is 16.0 Å². The van der Waals surface area contributed by atoms with Crippen molar-refractivity contribution in [1.29, 1.82) is 5.26 Å². The van der Waals surface area contributed by atoms with Crippen molar-refractivity contribution in [2.45, 2.75) is 25.3 Å². The average molecular weight is 301 g/mol. The number of ether oxygens (including phenoxy) is 1. The third kappa shape index (κ3) is 1.84. The molecule has 3 rings (SSSR count). The highest BCUT2D eigenvalue weighted by Crippen LogP contribution is 2.47. The Labute approximate surface area is 127 Å². The first-order valence-electron chi connectivity index (χ1n) is 7.07. The molecule has 0 aromatic heterocycles. The van der Waals surface area contributed by atoms with Gasteiger partial charge in [0.1, 0.15) is 0 Å². The molecule has 0 saturated carbocycles. The van der Waals surface area contributed by atoms with Crippen LogP contribution < -0.4 is 4.90 Å². The summed E-state index contributed by atoms with van der Waals surface area (Å²) in [6.07, 6.45) is 1.76. The van der Waals surface area contributed by atoms with Gasteiger partial charge in [0.15, 0.2) is 5.41 Å². The molecule has 7 nitrogen and oxygen atoms in total. The quantitative estimate of drug-likeness (QED) is 0.469. The third-order valence-electron chi connectivity index (χ3n) is 4.62. The van der Waals surface area contributed by atoms with Gasteiger partial charge in [0.05, 0.1) is 24.1 Å². The lowest BCUT2D eigenvalue weighted by Gasteiger charge is -2.42. The van der Waals surface area contributed by atoms with Crippen LogP contribution in [-0.4, -0.2) is 30.6 Å². The van der Waals surface area contributed by atoms with Gasteiger partial charge in [-0.1, -0.05) is 0 Å². The van der Waals surface area contributed by atoms with Crippen LogP contribution in [0.2, 0.25) is 0 Å². The molecule has 2 atom stereocenters. The summed E-state index contributed by atoms with van der Waals surface area (Å²) in [6.45, 7) is 0.732. The Morgan fingerprint density at radius 2 is 2.36 bits per heavy atom. The minimum Gasteiger partial charge on any atom is -0.468 e. The Kier molecular flexibility index (Phi) is 3.24. The second-order valence-electron chi connectivity index (χ2n) is 5.67. The Balaban J connectivity index is 2.15. The summed E-state index contributed by atoms with van der Waals surface area (Å²) < 4.78 is 4.86. The molecule has 2 heterocycles. The predicted molar refractivity (Wildman–Crippen MR) is 77.2 cm³/mol. The van der Waals surface area contributed by atoms with Gasteiger partial charge >= 0.3 is 5.97 Å². The number of methoxy groups -OCH3 is 1. The van der Waals surface area contributed by atoms with E-state index in [9.17, 15) is 20.2 Å². The van der Waals surface area contributed by atoms with Crippen LogP contribution in [0.25, 0.3) is 0 Å². The molecular formula is C15H15N3O4. The van der Waals surface area contributed by atoms with Gasteiger partial charge in [0, 0.05) is 30.8 Å². The number of rotatable bonds is 2. The van der Waals surface area contributed by atoms with Crippen molar-refractivity contribution in [3.63, 3.8) is 0 Å². The van der Waals surface area contributed by atoms with Crippen molar-refractivity contribution in [2.75, 3.05) is 18.6 Å². The maximum Gasteiger partial charge on any atom is 0.328 e. The lowest BCUT2D eigenvalue weighted by Crippen LogP contribution is -2.53. The van der Waals surface area contributed by atoms with Crippen LogP contribution in [0.1, 0.15) is 18.4 Å². The van der Waals surface area contributed by atoms with E-state index in [0.29, 0.717) is 5.56 Å². The summed E-state index contributed by atoms with van der Waals surface area (Å²) in [6, 6.07) is 6.54. The van der Waals surface area contributed by atoms with E-state index in [1.807, 2.05) is 4.90 Å². The number of nitro groups is 1. The average Bonchev–Trinajstić information content (AvgIpc) is 3.02. The summed E-state index contributed by atoms with van der Waals surface area (Å²) in [5.74, 6) is -0.566. The van der Waals surface area contributed by atoms with Gasteiger partial charge in [-0.15, -0.1) is 0 Å². The first-order chi connectivity index (χ1) is 10.5. The molecular weight excluding hydrogens is 286 g/mol. The zero-order valence-corrected chi connectivity index (χ0v) is 12.1. The van der Waals surface area contributed by atoms with Crippen molar-refractivity contribution in [3.05, 3.63) is 33.9 Å². The topological polar surface area (TPSA) is 96.5 Å². The van der Waals surface area contributed by atoms with Crippen LogP contribution in [0.5, 0.6) is 0 Å². The molecule has 22 heavy (non-hydrogen) atoms. The highest BCUT2D eigenvalue weighted by Gasteiger charge is 2.55. The summed E-state index contributed by atoms with van der Waals surface area (Å²) in [5.41, 5.74) is 0.197. The van der Waals surface area contributed by atoms with Crippen molar-refractivity contribution < 1.29 is 14.5 Å². The van der Waals surface area contributed by atoms with Gasteiger partial charge in [-0.3, -0.25) is 14.9 Å². The molecule has 0 aliphatic carbocycles. The monoisotopic (exact) mass is 301 g/mol. The fraction of sp³-hybridized carbons (Fsp3) is 0.467. The van der Waals surface area contributed by atoms with Crippen molar-refractivity contribution in [1.82, 2.24) is 0 Å². The lowest BCUT2D eigenvalue weighted by molar-refractivity contribution is -0.384. The van der Waals surface area contributed by atoms with Crippen LogP contribution >= 0.6 is 0 Å². The summed E-state index contributed by atoms with van der Waals surface area (Å²) >= 11 is 0. The minimum atomic E-state index is -1.30. The van der Waals surface area contributed by atoms with E-state index in [4.69, 9.17) is 4.74 Å². The molecule has 1 aromatic carbocycles. The Morgan fingerprint density at radius 3 is 3.00 bits per heavy atom. The molecule has 0 bridgehead atoms. The van der Waals surface area contributed by atoms with E-state index >= 15 is 0 Å². The first kappa shape index (κ1) is 14.3. The number of nitrogens with zero attached hydrogens (tertiary/aromatic N) is 3. The summed E-state index contributed by atoms with van der Waals surface area (Å²) in [4.78, 5) is 24.8. The van der Waals surface area contributed by atoms with E-state index in [-0.39, 0.29) is 18.2 Å². The highest BCUT2D eigenvalue weighted by molar-refractivity contribution is 5.84. The Morgan fingerprint density at radius 1 is 1.59 bits per heavy atom. The van der Waals surface area contributed by atoms with Gasteiger partial charge in [-0.05, 0) is 24.5 Å². The molecule has 0 radical (unpaired) electrons. The van der Waals surface area contributed by atoms with Crippen molar-refractivity contribution in [3.8, 4) is 6.07 Å². The van der Waals surface area contributed by atoms with Gasteiger partial charge in [-0.25, -0.2) is 0 Å². The molecule has 1 aromatic rings. The molecule has 1 saturated heterocycles. The molecule has 0 spiro atoms. The number of benzene rings is 1. The zero-order valence-electron chi connectivity index (χ0n) is 12.1. The number of non-ortho nitro benzene ring substituents is 1. The fourth-order valence-corrected chi connectivity index (χ4v) is 3.64. The number of fused-ring (bicyclic) bond motifs is 3. The molecule has 0 amide bonds. The number of hydrogen-bond acceptors (Lipinski definition) is 6. The normalized spacial score (nSPS) is 25.8. The summed E-state index contributed by atoms with van der Waals surface area (Å²) in [5, 5.41) is 20.7. The van der Waals surface area contributed by atoms with E-state index < -0.39 is 16.3 Å². The van der Waals surface area contributed by atoms with Crippen molar-refractivity contribution in [2.24, 2.45) is 5.41 Å². The molecule has 7 heteroatoms. The summed E-state index contributed by atoms with van der Waals surface area (Å²) in [7, 11) is 1.27. The molecule has 0 N–H and O–H groups in total. The number of carbonyl (C=O) groups is 1. The van der Waals surface area contributed by atoms with Crippen LogP contribution in [0.4, 0.5) is 11.4 Å². The number of hydrogen-bond donors (Lipinski definition) is 0. The van der Waals surface area contributed by atoms with Crippen molar-refractivity contribution >= 4 is 17.3 Å². The Bertz CT molecular complexity index is 697. The van der Waals surface area contributed by atoms with Gasteiger partial charge in [0.2, 0.25) is 0 Å². The SMILES string of the molecule is COC(=O)C1(C#N)Cc2cc([N+](=O)[O-])ccc2N2CCCC21. The predicted octanol–water partition coefficient (Wildman–Crippen LogP) is 1.80. The fourth-order valence-electron chi connectivity index (χ4n) is 3.64. The zero-order chi connectivity index (χ0) is 15.9. The molecule has 2 aliphatic rings. The largest absolute Gasteiger partial charge is 0.468 e. The van der Waals surface area contributed by atoms with Gasteiger partial charge in [-0.2, -0.15) is 5.26 Å². The van der Waals surface area contributed by atoms with Crippen LogP contribution in [0, 0.1) is 26.9 Å². The molecule has 114 valence electrons. The van der Waals surface area contributed by atoms with Gasteiger partial charge in [0.25, 0.3) is 5.69 Å². The second kappa shape index (κ2) is 4.98. The minimum absolute atomic E-state index is 0.0342. The molecule has 2 aliphatic heterocycles. The molecule has 2 unspecified atom stereocenters. The number of nitro benzene ring substituents is 1. The smallest absolute Gasteiger partial charge is 0.328 e. The van der Waals surface area contributed by atoms with E-state index in [1.54, 1.807) is 6.07 Å². The standard InChI is InChI=1S/C15H15N3O4/c1-22-14(19)15(9-16)8-10-7-11(18(20)21)4-5-12(10)17-6-2-3-13(15)17/h4-5,7,13H,2-3,6,8H2,1H3. The molecule has 1 fully saturated rings. The number of anilines is 1. The third-order valence-corrected chi connectivity index (χ3v) is 4.62. The van der Waals surface area contributed by atoms with Crippen LogP contribution in [0.15, 0.2) is 18.2 Å².